The predicted octanol–water partition coefficient (Wildman–Crippen LogP) is 0.226. The number of aldehydes is 2. The lowest BCUT2D eigenvalue weighted by Gasteiger charge is -1.94. The summed E-state index contributed by atoms with van der Waals surface area (Å²) in [6.45, 7) is 3.43. The molecule has 1 rings (SSSR count). The topological polar surface area (TPSA) is 34.1 Å². The first-order chi connectivity index (χ1) is 6.70. The summed E-state index contributed by atoms with van der Waals surface area (Å²) in [6, 6.07) is 8.28. The Bertz CT molecular complexity index is 424. The lowest BCUT2D eigenvalue weighted by Crippen LogP contribution is -2.29. The van der Waals surface area contributed by atoms with Crippen molar-refractivity contribution in [3.8, 4) is 0 Å². The molecule has 0 aliphatic rings. The second-order valence-electron chi connectivity index (χ2n) is 3.06. The third-order valence-corrected chi connectivity index (χ3v) is 2.03. The van der Waals surface area contributed by atoms with Crippen LogP contribution < -0.4 is 10.4 Å². The number of carbonyl (C=O) groups is 2. The summed E-state index contributed by atoms with van der Waals surface area (Å²) in [5.41, 5.74) is 1.19. The van der Waals surface area contributed by atoms with Crippen LogP contribution in [0.1, 0.15) is 13.8 Å². The summed E-state index contributed by atoms with van der Waals surface area (Å²) < 4.78 is 0. The Kier molecular flexibility index (Phi) is 3.35. The second kappa shape index (κ2) is 4.51. The smallest absolute Gasteiger partial charge is 0.146 e. The molecule has 2 nitrogen and oxygen atoms in total. The first-order valence-electron chi connectivity index (χ1n) is 4.29. The average Bonchev–Trinajstić information content (AvgIpc) is 2.27. The molecule has 1 aromatic rings. The van der Waals surface area contributed by atoms with Gasteiger partial charge < -0.3 is 0 Å². The van der Waals surface area contributed by atoms with Crippen molar-refractivity contribution < 1.29 is 9.59 Å². The van der Waals surface area contributed by atoms with E-state index in [1.807, 2.05) is 6.07 Å². The highest BCUT2D eigenvalue weighted by molar-refractivity contribution is 5.99. The summed E-state index contributed by atoms with van der Waals surface area (Å²) in [5.74, 6) is 0. The third kappa shape index (κ3) is 1.96. The molecular formula is C12H11O2. The maximum Gasteiger partial charge on any atom is 0.146 e. The van der Waals surface area contributed by atoms with Gasteiger partial charge in [0.2, 0.25) is 0 Å². The zero-order chi connectivity index (χ0) is 10.6. The van der Waals surface area contributed by atoms with Crippen LogP contribution in [0.25, 0.3) is 11.1 Å². The highest BCUT2D eigenvalue weighted by Crippen LogP contribution is 1.84. The minimum absolute atomic E-state index is 0.585. The van der Waals surface area contributed by atoms with Gasteiger partial charge in [-0.25, -0.2) is 0 Å². The summed E-state index contributed by atoms with van der Waals surface area (Å²) in [4.78, 5) is 21.2. The molecule has 0 aliphatic carbocycles. The fourth-order valence-corrected chi connectivity index (χ4v) is 1.21. The lowest BCUT2D eigenvalue weighted by molar-refractivity contribution is -0.104. The molecular weight excluding hydrogens is 176 g/mol. The molecule has 2 heteroatoms. The van der Waals surface area contributed by atoms with E-state index in [1.54, 1.807) is 26.0 Å². The Morgan fingerprint density at radius 3 is 2.43 bits per heavy atom. The molecule has 0 spiro atoms. The van der Waals surface area contributed by atoms with E-state index >= 15 is 0 Å². The van der Waals surface area contributed by atoms with Crippen LogP contribution in [0.4, 0.5) is 0 Å². The molecule has 1 aromatic carbocycles. The van der Waals surface area contributed by atoms with Gasteiger partial charge in [0, 0.05) is 0 Å². The van der Waals surface area contributed by atoms with Crippen LogP contribution in [-0.2, 0) is 9.59 Å². The van der Waals surface area contributed by atoms with Gasteiger partial charge in [-0.15, -0.1) is 0 Å². The minimum atomic E-state index is 0.585. The quantitative estimate of drug-likeness (QED) is 0.621. The fourth-order valence-electron chi connectivity index (χ4n) is 1.21. The van der Waals surface area contributed by atoms with Crippen molar-refractivity contribution in [1.29, 1.82) is 0 Å². The van der Waals surface area contributed by atoms with Gasteiger partial charge in [0.1, 0.15) is 12.6 Å². The average molecular weight is 187 g/mol. The zero-order valence-corrected chi connectivity index (χ0v) is 8.20. The normalized spacial score (nSPS) is 14.4. The van der Waals surface area contributed by atoms with Gasteiger partial charge in [-0.3, -0.25) is 9.59 Å². The van der Waals surface area contributed by atoms with Crippen LogP contribution >= 0.6 is 0 Å². The maximum atomic E-state index is 10.6. The highest BCUT2D eigenvalue weighted by Gasteiger charge is 1.94. The first kappa shape index (κ1) is 10.4. The SMILES string of the molecule is C/C(C=O)=c1\ccc[c]\c1=C(\C)C=O. The van der Waals surface area contributed by atoms with Crippen LogP contribution in [0.15, 0.2) is 18.2 Å². The van der Waals surface area contributed by atoms with E-state index in [0.29, 0.717) is 16.4 Å². The maximum absolute atomic E-state index is 10.6. The van der Waals surface area contributed by atoms with Crippen LogP contribution in [0.5, 0.6) is 0 Å². The molecule has 0 atom stereocenters. The van der Waals surface area contributed by atoms with Gasteiger partial charge >= 0.3 is 0 Å². The Morgan fingerprint density at radius 2 is 1.86 bits per heavy atom. The molecule has 0 bridgehead atoms. The molecule has 0 saturated carbocycles. The Balaban J connectivity index is 3.80. The molecule has 0 amide bonds. The van der Waals surface area contributed by atoms with E-state index in [4.69, 9.17) is 0 Å². The van der Waals surface area contributed by atoms with Crippen molar-refractivity contribution in [1.82, 2.24) is 0 Å². The molecule has 1 radical (unpaired) electrons. The standard InChI is InChI=1S/C12H11O2/c1-9(7-13)11-5-3-4-6-12(11)10(2)8-14/h3-5,7-8H,1-2H3/b11-9-,12-10+. The molecule has 0 fully saturated rings. The molecule has 0 saturated heterocycles. The highest BCUT2D eigenvalue weighted by atomic mass is 16.1. The summed E-state index contributed by atoms with van der Waals surface area (Å²) in [5, 5.41) is 1.47. The molecule has 0 aliphatic heterocycles. The molecule has 14 heavy (non-hydrogen) atoms. The molecule has 0 unspecified atom stereocenters. The van der Waals surface area contributed by atoms with Gasteiger partial charge in [0.15, 0.2) is 0 Å². The largest absolute Gasteiger partial charge is 0.298 e. The first-order valence-corrected chi connectivity index (χ1v) is 4.29. The summed E-state index contributed by atoms with van der Waals surface area (Å²) >= 11 is 0. The predicted molar refractivity (Wildman–Crippen MR) is 54.8 cm³/mol. The second-order valence-corrected chi connectivity index (χ2v) is 3.06. The third-order valence-electron chi connectivity index (χ3n) is 2.03. The Labute approximate surface area is 82.6 Å². The zero-order valence-electron chi connectivity index (χ0n) is 8.20. The Hall–Kier alpha value is -1.70. The summed E-state index contributed by atoms with van der Waals surface area (Å²) in [6.07, 6.45) is 1.55. The Morgan fingerprint density at radius 1 is 1.21 bits per heavy atom. The van der Waals surface area contributed by atoms with Crippen LogP contribution in [0.2, 0.25) is 0 Å². The van der Waals surface area contributed by atoms with Crippen LogP contribution in [-0.4, -0.2) is 12.6 Å². The number of rotatable bonds is 2. The van der Waals surface area contributed by atoms with E-state index in [1.165, 1.54) is 0 Å². The number of hydrogen-bond acceptors (Lipinski definition) is 2. The van der Waals surface area contributed by atoms with E-state index in [-0.39, 0.29) is 0 Å². The van der Waals surface area contributed by atoms with Gasteiger partial charge in [0.05, 0.1) is 0 Å². The number of hydrogen-bond donors (Lipinski definition) is 0. The van der Waals surface area contributed by atoms with Gasteiger partial charge in [0.25, 0.3) is 0 Å². The van der Waals surface area contributed by atoms with Crippen LogP contribution in [0.3, 0.4) is 0 Å². The monoisotopic (exact) mass is 187 g/mol. The van der Waals surface area contributed by atoms with Crippen molar-refractivity contribution in [2.45, 2.75) is 13.8 Å². The molecule has 71 valence electrons. The van der Waals surface area contributed by atoms with Crippen molar-refractivity contribution in [2.24, 2.45) is 0 Å². The lowest BCUT2D eigenvalue weighted by atomic mass is 10.1. The molecule has 0 N–H and O–H groups in total. The fraction of sp³-hybridized carbons (Fsp3) is 0.167. The van der Waals surface area contributed by atoms with Gasteiger partial charge in [-0.05, 0) is 41.5 Å². The van der Waals surface area contributed by atoms with Crippen molar-refractivity contribution >= 4 is 23.7 Å². The van der Waals surface area contributed by atoms with Gasteiger partial charge in [-0.1, -0.05) is 18.2 Å². The minimum Gasteiger partial charge on any atom is -0.298 e. The van der Waals surface area contributed by atoms with E-state index in [9.17, 15) is 9.59 Å². The van der Waals surface area contributed by atoms with E-state index in [2.05, 4.69) is 6.07 Å². The van der Waals surface area contributed by atoms with Gasteiger partial charge in [-0.2, -0.15) is 0 Å². The van der Waals surface area contributed by atoms with Crippen molar-refractivity contribution in [3.63, 3.8) is 0 Å². The molecule has 0 heterocycles. The van der Waals surface area contributed by atoms with Crippen molar-refractivity contribution in [3.05, 3.63) is 34.7 Å². The summed E-state index contributed by atoms with van der Waals surface area (Å²) in [7, 11) is 0. The molecule has 0 aromatic heterocycles. The number of benzene rings is 1. The van der Waals surface area contributed by atoms with E-state index in [0.717, 1.165) is 17.8 Å². The van der Waals surface area contributed by atoms with Crippen molar-refractivity contribution in [2.75, 3.05) is 0 Å². The van der Waals surface area contributed by atoms with E-state index < -0.39 is 0 Å². The number of carbonyl (C=O) groups excluding carboxylic acids is 2. The van der Waals surface area contributed by atoms with Crippen LogP contribution in [0, 0.1) is 6.07 Å².